The molecule has 0 radical (unpaired) electrons. The summed E-state index contributed by atoms with van der Waals surface area (Å²) < 4.78 is 41.5. The van der Waals surface area contributed by atoms with Crippen molar-refractivity contribution < 1.29 is 13.2 Å². The van der Waals surface area contributed by atoms with Gasteiger partial charge in [-0.3, -0.25) is 0 Å². The van der Waals surface area contributed by atoms with Gasteiger partial charge < -0.3 is 0 Å². The molecule has 0 saturated heterocycles. The predicted octanol–water partition coefficient (Wildman–Crippen LogP) is 10.5. The van der Waals surface area contributed by atoms with Crippen molar-refractivity contribution >= 4 is 58.0 Å². The van der Waals surface area contributed by atoms with Crippen LogP contribution < -0.4 is 0 Å². The van der Waals surface area contributed by atoms with E-state index in [2.05, 4.69) is 26.8 Å². The van der Waals surface area contributed by atoms with Crippen molar-refractivity contribution in [3.63, 3.8) is 0 Å². The molecule has 1 aliphatic rings. The highest BCUT2D eigenvalue weighted by Gasteiger charge is 2.39. The molecule has 34 heavy (non-hydrogen) atoms. The molecule has 2 aromatic rings. The SMILES string of the molecule is CCC(C)C(=S)CC(C)C1CCc2cc(C=CC(c3cc(Cl)c(Cl)c(Cl)c3)C(F)(F)F)ccc21. The number of hydrogen-bond acceptors (Lipinski definition) is 1. The molecule has 4 atom stereocenters. The minimum absolute atomic E-state index is 0.00248. The minimum Gasteiger partial charge on any atom is -0.170 e. The van der Waals surface area contributed by atoms with Gasteiger partial charge in [0.15, 0.2) is 0 Å². The Labute approximate surface area is 220 Å². The van der Waals surface area contributed by atoms with E-state index in [-0.39, 0.29) is 20.6 Å². The second kappa shape index (κ2) is 11.3. The van der Waals surface area contributed by atoms with E-state index in [1.165, 1.54) is 29.3 Å². The van der Waals surface area contributed by atoms with Crippen LogP contribution in [-0.4, -0.2) is 11.0 Å². The van der Waals surface area contributed by atoms with Crippen LogP contribution in [0.5, 0.6) is 0 Å². The van der Waals surface area contributed by atoms with Crippen LogP contribution in [0.3, 0.4) is 0 Å². The second-order valence-corrected chi connectivity index (χ2v) is 11.0. The number of benzene rings is 2. The number of thiocarbonyl (C=S) groups is 1. The van der Waals surface area contributed by atoms with Crippen molar-refractivity contribution in [1.82, 2.24) is 0 Å². The van der Waals surface area contributed by atoms with E-state index < -0.39 is 12.1 Å². The Morgan fingerprint density at radius 1 is 1.12 bits per heavy atom. The molecule has 7 heteroatoms. The Hall–Kier alpha value is -1.07. The fourth-order valence-corrected chi connectivity index (χ4v) is 5.67. The monoisotopic (exact) mass is 546 g/mol. The number of halogens is 6. The zero-order valence-corrected chi connectivity index (χ0v) is 22.4. The van der Waals surface area contributed by atoms with Crippen molar-refractivity contribution in [2.45, 2.75) is 64.5 Å². The Morgan fingerprint density at radius 2 is 1.76 bits per heavy atom. The smallest absolute Gasteiger partial charge is 0.170 e. The molecular weight excluding hydrogens is 520 g/mol. The molecule has 0 aromatic heterocycles. The van der Waals surface area contributed by atoms with Crippen LogP contribution in [0.4, 0.5) is 13.2 Å². The molecule has 0 aliphatic heterocycles. The topological polar surface area (TPSA) is 0 Å². The first-order chi connectivity index (χ1) is 15.9. The van der Waals surface area contributed by atoms with Crippen molar-refractivity contribution in [3.05, 3.63) is 73.7 Å². The first-order valence-corrected chi connectivity index (χ1v) is 13.0. The summed E-state index contributed by atoms with van der Waals surface area (Å²) in [6.07, 6.45) is 2.11. The molecule has 0 saturated carbocycles. The lowest BCUT2D eigenvalue weighted by atomic mass is 9.83. The highest BCUT2D eigenvalue weighted by Crippen LogP contribution is 2.43. The molecular formula is C27H28Cl3F3S. The number of alkyl halides is 3. The molecule has 0 nitrogen and oxygen atoms in total. The molecule has 0 bridgehead atoms. The summed E-state index contributed by atoms with van der Waals surface area (Å²) in [4.78, 5) is 1.13. The van der Waals surface area contributed by atoms with E-state index in [0.29, 0.717) is 17.8 Å². The van der Waals surface area contributed by atoms with Crippen LogP contribution in [-0.2, 0) is 6.42 Å². The molecule has 0 spiro atoms. The van der Waals surface area contributed by atoms with Crippen LogP contribution >= 0.6 is 47.0 Å². The van der Waals surface area contributed by atoms with Gasteiger partial charge in [0, 0.05) is 0 Å². The van der Waals surface area contributed by atoms with Crippen molar-refractivity contribution in [3.8, 4) is 0 Å². The third-order valence-electron chi connectivity index (χ3n) is 6.86. The van der Waals surface area contributed by atoms with Gasteiger partial charge >= 0.3 is 6.18 Å². The normalized spacial score (nSPS) is 18.7. The molecule has 0 amide bonds. The van der Waals surface area contributed by atoms with Crippen LogP contribution in [0.15, 0.2) is 36.4 Å². The van der Waals surface area contributed by atoms with E-state index in [9.17, 15) is 13.2 Å². The molecule has 0 heterocycles. The van der Waals surface area contributed by atoms with Gasteiger partial charge in [0.25, 0.3) is 0 Å². The Bertz CT molecular complexity index is 1050. The lowest BCUT2D eigenvalue weighted by Crippen LogP contribution is -2.19. The third kappa shape index (κ3) is 6.37. The molecule has 1 aliphatic carbocycles. The first-order valence-electron chi connectivity index (χ1n) is 11.5. The molecule has 4 unspecified atom stereocenters. The van der Waals surface area contributed by atoms with Gasteiger partial charge in [0.05, 0.1) is 21.0 Å². The summed E-state index contributed by atoms with van der Waals surface area (Å²) >= 11 is 23.5. The predicted molar refractivity (Wildman–Crippen MR) is 143 cm³/mol. The van der Waals surface area contributed by atoms with Gasteiger partial charge in [-0.25, -0.2) is 0 Å². The average Bonchev–Trinajstić information content (AvgIpc) is 3.19. The van der Waals surface area contributed by atoms with Crippen molar-refractivity contribution in [1.29, 1.82) is 0 Å². The minimum atomic E-state index is -4.50. The average molecular weight is 548 g/mol. The first kappa shape index (κ1) is 27.5. The summed E-state index contributed by atoms with van der Waals surface area (Å²) in [5, 5.41) is 0.0407. The van der Waals surface area contributed by atoms with Gasteiger partial charge in [0.1, 0.15) is 0 Å². The number of aryl methyl sites for hydroxylation is 1. The summed E-state index contributed by atoms with van der Waals surface area (Å²) in [5.41, 5.74) is 3.19. The lowest BCUT2D eigenvalue weighted by Gasteiger charge is -2.23. The fraction of sp³-hybridized carbons (Fsp3) is 0.444. The molecule has 3 rings (SSSR count). The summed E-state index contributed by atoms with van der Waals surface area (Å²) in [5.74, 6) is -0.533. The van der Waals surface area contributed by atoms with Crippen LogP contribution in [0.25, 0.3) is 6.08 Å². The van der Waals surface area contributed by atoms with Gasteiger partial charge in [0.2, 0.25) is 0 Å². The van der Waals surface area contributed by atoms with Gasteiger partial charge in [-0.2, -0.15) is 13.2 Å². The van der Waals surface area contributed by atoms with Crippen molar-refractivity contribution in [2.24, 2.45) is 11.8 Å². The maximum Gasteiger partial charge on any atom is 0.399 e. The van der Waals surface area contributed by atoms with E-state index in [1.54, 1.807) is 0 Å². The zero-order chi connectivity index (χ0) is 25.2. The lowest BCUT2D eigenvalue weighted by molar-refractivity contribution is -0.139. The van der Waals surface area contributed by atoms with Crippen molar-refractivity contribution in [2.75, 3.05) is 0 Å². The zero-order valence-electron chi connectivity index (χ0n) is 19.4. The van der Waals surface area contributed by atoms with E-state index in [4.69, 9.17) is 47.0 Å². The number of rotatable bonds is 8. The Balaban J connectivity index is 1.81. The van der Waals surface area contributed by atoms with Crippen LogP contribution in [0, 0.1) is 11.8 Å². The maximum absolute atomic E-state index is 13.8. The van der Waals surface area contributed by atoms with E-state index in [1.807, 2.05) is 12.1 Å². The van der Waals surface area contributed by atoms with Gasteiger partial charge in [-0.05, 0) is 82.7 Å². The molecule has 0 N–H and O–H groups in total. The highest BCUT2D eigenvalue weighted by atomic mass is 35.5. The fourth-order valence-electron chi connectivity index (χ4n) is 4.62. The standard InChI is InChI=1S/C27H28Cl3F3S/c1-4-15(2)25(34)11-16(3)20-9-7-18-12-17(5-8-21(18)20)6-10-22(27(31,32)33)19-13-23(28)26(30)24(29)14-19/h5-6,8,10,12-16,20,22H,4,7,9,11H2,1-3H3. The van der Waals surface area contributed by atoms with Crippen LogP contribution in [0.1, 0.15) is 74.1 Å². The Morgan fingerprint density at radius 3 is 2.35 bits per heavy atom. The van der Waals surface area contributed by atoms with Crippen LogP contribution in [0.2, 0.25) is 15.1 Å². The molecule has 0 fully saturated rings. The Kier molecular flexibility index (Phi) is 9.17. The number of hydrogen-bond donors (Lipinski definition) is 0. The van der Waals surface area contributed by atoms with E-state index in [0.717, 1.165) is 42.2 Å². The summed E-state index contributed by atoms with van der Waals surface area (Å²) in [6.45, 7) is 6.58. The summed E-state index contributed by atoms with van der Waals surface area (Å²) in [6, 6.07) is 8.39. The van der Waals surface area contributed by atoms with Gasteiger partial charge in [-0.1, -0.05) is 98.1 Å². The third-order valence-corrected chi connectivity index (χ3v) is 8.63. The molecule has 184 valence electrons. The number of fused-ring (bicyclic) bond motifs is 1. The number of allylic oxidation sites excluding steroid dienone is 1. The highest BCUT2D eigenvalue weighted by molar-refractivity contribution is 7.80. The van der Waals surface area contributed by atoms with E-state index >= 15 is 0 Å². The largest absolute Gasteiger partial charge is 0.399 e. The quantitative estimate of drug-likeness (QED) is 0.234. The maximum atomic E-state index is 13.8. The van der Waals surface area contributed by atoms with Gasteiger partial charge in [-0.15, -0.1) is 0 Å². The second-order valence-electron chi connectivity index (χ2n) is 9.24. The molecule has 2 aromatic carbocycles. The summed E-state index contributed by atoms with van der Waals surface area (Å²) in [7, 11) is 0.